The number of hydrogen-bond acceptors (Lipinski definition) is 3. The fraction of sp³-hybridized carbons (Fsp3) is 0.0714. The van der Waals surface area contributed by atoms with Crippen LogP contribution in [0.1, 0.15) is 15.9 Å². The zero-order chi connectivity index (χ0) is 14.0. The van der Waals surface area contributed by atoms with Gasteiger partial charge in [0.1, 0.15) is 10.7 Å². The molecular formula is C14H11FO3S. The monoisotopic (exact) mass is 278 g/mol. The van der Waals surface area contributed by atoms with E-state index in [-0.39, 0.29) is 11.3 Å². The first-order valence-corrected chi connectivity index (χ1v) is 7.38. The highest BCUT2D eigenvalue weighted by Crippen LogP contribution is 2.18. The van der Waals surface area contributed by atoms with Gasteiger partial charge in [-0.2, -0.15) is 0 Å². The minimum Gasteiger partial charge on any atom is -0.289 e. The molecule has 0 fully saturated rings. The van der Waals surface area contributed by atoms with E-state index in [0.717, 1.165) is 18.4 Å². The number of benzene rings is 2. The third-order valence-electron chi connectivity index (χ3n) is 2.63. The van der Waals surface area contributed by atoms with Gasteiger partial charge in [-0.25, -0.2) is 12.8 Å². The maximum atomic E-state index is 13.7. The van der Waals surface area contributed by atoms with Gasteiger partial charge in [0.2, 0.25) is 0 Å². The molecule has 5 heteroatoms. The molecule has 0 heterocycles. The van der Waals surface area contributed by atoms with Gasteiger partial charge in [-0.3, -0.25) is 4.79 Å². The van der Waals surface area contributed by atoms with Gasteiger partial charge in [-0.1, -0.05) is 30.3 Å². The van der Waals surface area contributed by atoms with Crippen LogP contribution < -0.4 is 0 Å². The Morgan fingerprint density at radius 2 is 1.63 bits per heavy atom. The Kier molecular flexibility index (Phi) is 3.48. The minimum absolute atomic E-state index is 0.121. The minimum atomic E-state index is -3.63. The van der Waals surface area contributed by atoms with Gasteiger partial charge in [-0.05, 0) is 18.2 Å². The van der Waals surface area contributed by atoms with Crippen molar-refractivity contribution in [2.75, 3.05) is 6.26 Å². The molecule has 0 aliphatic rings. The number of hydrogen-bond donors (Lipinski definition) is 0. The van der Waals surface area contributed by atoms with Crippen LogP contribution in [-0.2, 0) is 9.84 Å². The second kappa shape index (κ2) is 4.93. The molecule has 2 rings (SSSR count). The van der Waals surface area contributed by atoms with Crippen LogP contribution in [0.25, 0.3) is 0 Å². The van der Waals surface area contributed by atoms with Crippen LogP contribution >= 0.6 is 0 Å². The highest BCUT2D eigenvalue weighted by atomic mass is 32.2. The summed E-state index contributed by atoms with van der Waals surface area (Å²) in [4.78, 5) is 11.6. The van der Waals surface area contributed by atoms with Crippen molar-refractivity contribution in [1.82, 2.24) is 0 Å². The molecule has 0 N–H and O–H groups in total. The van der Waals surface area contributed by atoms with Crippen LogP contribution in [-0.4, -0.2) is 20.5 Å². The summed E-state index contributed by atoms with van der Waals surface area (Å²) in [6.07, 6.45) is 0.921. The van der Waals surface area contributed by atoms with Gasteiger partial charge in [0.15, 0.2) is 15.6 Å². The van der Waals surface area contributed by atoms with Gasteiger partial charge in [0.05, 0.1) is 0 Å². The molecule has 98 valence electrons. The second-order valence-corrected chi connectivity index (χ2v) is 6.10. The maximum Gasteiger partial charge on any atom is 0.193 e. The quantitative estimate of drug-likeness (QED) is 0.810. The molecule has 0 atom stereocenters. The Morgan fingerprint density at radius 1 is 1.00 bits per heavy atom. The first-order valence-electron chi connectivity index (χ1n) is 5.49. The van der Waals surface area contributed by atoms with Crippen molar-refractivity contribution in [3.63, 3.8) is 0 Å². The van der Waals surface area contributed by atoms with Crippen LogP contribution in [0.3, 0.4) is 0 Å². The summed E-state index contributed by atoms with van der Waals surface area (Å²) in [5.74, 6) is -1.26. The first-order chi connectivity index (χ1) is 8.89. The maximum absolute atomic E-state index is 13.7. The number of sulfone groups is 1. The predicted octanol–water partition coefficient (Wildman–Crippen LogP) is 2.46. The van der Waals surface area contributed by atoms with Crippen LogP contribution in [0, 0.1) is 5.82 Å². The molecule has 0 spiro atoms. The van der Waals surface area contributed by atoms with Gasteiger partial charge in [0.25, 0.3) is 0 Å². The number of carbonyl (C=O) groups excluding carboxylic acids is 1. The lowest BCUT2D eigenvalue weighted by Gasteiger charge is -2.04. The summed E-state index contributed by atoms with van der Waals surface area (Å²) in [6, 6.07) is 11.8. The molecule has 2 aromatic carbocycles. The molecule has 0 bridgehead atoms. The Bertz CT molecular complexity index is 722. The van der Waals surface area contributed by atoms with Crippen LogP contribution in [0.15, 0.2) is 53.4 Å². The number of halogens is 1. The van der Waals surface area contributed by atoms with E-state index in [1.807, 2.05) is 0 Å². The number of rotatable bonds is 3. The smallest absolute Gasteiger partial charge is 0.193 e. The lowest BCUT2D eigenvalue weighted by molar-refractivity contribution is 0.103. The average molecular weight is 278 g/mol. The highest BCUT2D eigenvalue weighted by Gasteiger charge is 2.16. The van der Waals surface area contributed by atoms with Crippen molar-refractivity contribution in [3.8, 4) is 0 Å². The molecule has 0 saturated carbocycles. The van der Waals surface area contributed by atoms with E-state index >= 15 is 0 Å². The molecule has 0 radical (unpaired) electrons. The van der Waals surface area contributed by atoms with Crippen LogP contribution in [0.2, 0.25) is 0 Å². The normalized spacial score (nSPS) is 11.3. The van der Waals surface area contributed by atoms with Gasteiger partial charge in [-0.15, -0.1) is 0 Å². The highest BCUT2D eigenvalue weighted by molar-refractivity contribution is 7.90. The summed E-state index contributed by atoms with van der Waals surface area (Å²) in [7, 11) is -3.63. The van der Waals surface area contributed by atoms with Gasteiger partial charge in [0, 0.05) is 17.4 Å². The van der Waals surface area contributed by atoms with E-state index in [9.17, 15) is 17.6 Å². The number of carbonyl (C=O) groups is 1. The average Bonchev–Trinajstić information content (AvgIpc) is 2.37. The van der Waals surface area contributed by atoms with Crippen molar-refractivity contribution in [3.05, 3.63) is 65.5 Å². The Morgan fingerprint density at radius 3 is 2.16 bits per heavy atom. The van der Waals surface area contributed by atoms with Crippen molar-refractivity contribution in [2.45, 2.75) is 4.90 Å². The van der Waals surface area contributed by atoms with Crippen molar-refractivity contribution in [2.24, 2.45) is 0 Å². The van der Waals surface area contributed by atoms with E-state index in [1.165, 1.54) is 6.07 Å². The molecule has 19 heavy (non-hydrogen) atoms. The largest absolute Gasteiger partial charge is 0.289 e. The molecule has 0 aromatic heterocycles. The third kappa shape index (κ3) is 2.88. The predicted molar refractivity (Wildman–Crippen MR) is 69.4 cm³/mol. The van der Waals surface area contributed by atoms with E-state index in [1.54, 1.807) is 30.3 Å². The van der Waals surface area contributed by atoms with Crippen molar-refractivity contribution >= 4 is 15.6 Å². The van der Waals surface area contributed by atoms with Crippen LogP contribution in [0.5, 0.6) is 0 Å². The standard InChI is InChI=1S/C14H11FO3S/c1-19(17,18)13-8-7-11(9-12(13)15)14(16)10-5-3-2-4-6-10/h2-9H,1H3. The van der Waals surface area contributed by atoms with E-state index in [4.69, 9.17) is 0 Å². The zero-order valence-corrected chi connectivity index (χ0v) is 10.9. The third-order valence-corrected chi connectivity index (χ3v) is 3.76. The molecule has 0 aliphatic carbocycles. The summed E-state index contributed by atoms with van der Waals surface area (Å²) in [5.41, 5.74) is 0.546. The molecule has 0 saturated heterocycles. The Hall–Kier alpha value is -2.01. The summed E-state index contributed by atoms with van der Waals surface area (Å²) >= 11 is 0. The second-order valence-electron chi connectivity index (χ2n) is 4.11. The molecular weight excluding hydrogens is 267 g/mol. The van der Waals surface area contributed by atoms with Crippen molar-refractivity contribution in [1.29, 1.82) is 0 Å². The lowest BCUT2D eigenvalue weighted by atomic mass is 10.0. The van der Waals surface area contributed by atoms with Crippen molar-refractivity contribution < 1.29 is 17.6 Å². The summed E-state index contributed by atoms with van der Waals surface area (Å²) in [5, 5.41) is 0. The van der Waals surface area contributed by atoms with E-state index < -0.39 is 20.5 Å². The summed E-state index contributed by atoms with van der Waals surface area (Å²) in [6.45, 7) is 0. The molecule has 0 amide bonds. The fourth-order valence-electron chi connectivity index (χ4n) is 1.70. The molecule has 0 unspecified atom stereocenters. The SMILES string of the molecule is CS(=O)(=O)c1ccc(C(=O)c2ccccc2)cc1F. The molecule has 2 aromatic rings. The lowest BCUT2D eigenvalue weighted by Crippen LogP contribution is -2.05. The first kappa shape index (κ1) is 13.4. The Balaban J connectivity index is 2.44. The van der Waals surface area contributed by atoms with E-state index in [0.29, 0.717) is 5.56 Å². The van der Waals surface area contributed by atoms with Gasteiger partial charge < -0.3 is 0 Å². The van der Waals surface area contributed by atoms with Crippen LogP contribution in [0.4, 0.5) is 4.39 Å². The fourth-order valence-corrected chi connectivity index (χ4v) is 2.43. The van der Waals surface area contributed by atoms with E-state index in [2.05, 4.69) is 0 Å². The molecule has 3 nitrogen and oxygen atoms in total. The Labute approximate surface area is 110 Å². The molecule has 0 aliphatic heterocycles. The van der Waals surface area contributed by atoms with Gasteiger partial charge >= 0.3 is 0 Å². The summed E-state index contributed by atoms with van der Waals surface area (Å²) < 4.78 is 36.3. The topological polar surface area (TPSA) is 51.2 Å². The zero-order valence-electron chi connectivity index (χ0n) is 10.1. The number of ketones is 1.